The second-order valence-corrected chi connectivity index (χ2v) is 7.54. The van der Waals surface area contributed by atoms with E-state index in [-0.39, 0.29) is 5.91 Å². The van der Waals surface area contributed by atoms with E-state index < -0.39 is 18.2 Å². The molecule has 0 fully saturated rings. The second-order valence-electron chi connectivity index (χ2n) is 7.54. The number of carbonyl (C=O) groups is 2. The van der Waals surface area contributed by atoms with Gasteiger partial charge in [0.1, 0.15) is 5.75 Å². The summed E-state index contributed by atoms with van der Waals surface area (Å²) in [4.78, 5) is 27.4. The van der Waals surface area contributed by atoms with E-state index in [9.17, 15) is 18.0 Å². The maximum atomic E-state index is 11.8. The molecule has 2 heterocycles. The number of hydrogen-bond donors (Lipinski definition) is 2. The van der Waals surface area contributed by atoms with E-state index >= 15 is 0 Å². The third-order valence-corrected chi connectivity index (χ3v) is 4.85. The molecule has 4 rings (SSSR count). The second kappa shape index (κ2) is 9.86. The fraction of sp³-hybridized carbons (Fsp3) is 0.261. The summed E-state index contributed by atoms with van der Waals surface area (Å²) in [7, 11) is 2.09. The van der Waals surface area contributed by atoms with E-state index in [1.54, 1.807) is 6.92 Å². The number of benzene rings is 2. The third-order valence-electron chi connectivity index (χ3n) is 4.85. The lowest BCUT2D eigenvalue weighted by Gasteiger charge is -2.24. The van der Waals surface area contributed by atoms with Gasteiger partial charge in [-0.1, -0.05) is 24.3 Å². The number of amides is 1. The zero-order valence-corrected chi connectivity index (χ0v) is 17.9. The third kappa shape index (κ3) is 6.19. The van der Waals surface area contributed by atoms with Gasteiger partial charge >= 0.3 is 12.1 Å². The fourth-order valence-electron chi connectivity index (χ4n) is 3.32. The van der Waals surface area contributed by atoms with Crippen LogP contribution in [-0.4, -0.2) is 46.2 Å². The molecule has 0 saturated carbocycles. The summed E-state index contributed by atoms with van der Waals surface area (Å²) in [5.74, 6) is -2.14. The van der Waals surface area contributed by atoms with Gasteiger partial charge in [0.25, 0.3) is 5.91 Å². The molecule has 1 amide bonds. The summed E-state index contributed by atoms with van der Waals surface area (Å²) in [6.07, 6.45) is -3.71. The van der Waals surface area contributed by atoms with E-state index in [0.29, 0.717) is 0 Å². The highest BCUT2D eigenvalue weighted by Gasteiger charge is 2.38. The van der Waals surface area contributed by atoms with Gasteiger partial charge in [0, 0.05) is 24.7 Å². The van der Waals surface area contributed by atoms with Crippen molar-refractivity contribution in [2.24, 2.45) is 0 Å². The molecule has 0 bridgehead atoms. The number of nitrogens with zero attached hydrogens (tertiary/aromatic N) is 2. The van der Waals surface area contributed by atoms with Crippen molar-refractivity contribution < 1.29 is 32.6 Å². The number of aromatic nitrogens is 1. The summed E-state index contributed by atoms with van der Waals surface area (Å²) in [6.45, 7) is 3.34. The Hall–Kier alpha value is -3.66. The molecule has 1 aliphatic heterocycles. The zero-order valence-electron chi connectivity index (χ0n) is 17.9. The average molecular weight is 461 g/mol. The number of hydrogen-bond acceptors (Lipinski definition) is 5. The predicted octanol–water partition coefficient (Wildman–Crippen LogP) is 4.22. The molecule has 7 nitrogen and oxygen atoms in total. The average Bonchev–Trinajstić information content (AvgIpc) is 2.75. The first-order chi connectivity index (χ1) is 15.5. The van der Waals surface area contributed by atoms with Crippen molar-refractivity contribution in [3.05, 3.63) is 65.9 Å². The summed E-state index contributed by atoms with van der Waals surface area (Å²) in [5, 5.41) is 11.2. The van der Waals surface area contributed by atoms with Crippen molar-refractivity contribution >= 4 is 28.5 Å². The predicted molar refractivity (Wildman–Crippen MR) is 116 cm³/mol. The topological polar surface area (TPSA) is 91.8 Å². The molecule has 33 heavy (non-hydrogen) atoms. The number of alkyl halides is 3. The highest BCUT2D eigenvalue weighted by molar-refractivity contribution is 5.97. The fourth-order valence-corrected chi connectivity index (χ4v) is 3.32. The molecule has 2 N–H and O–H groups in total. The molecule has 0 radical (unpaired) electrons. The van der Waals surface area contributed by atoms with Crippen molar-refractivity contribution in [2.75, 3.05) is 12.4 Å². The van der Waals surface area contributed by atoms with Gasteiger partial charge in [-0.05, 0) is 49.4 Å². The first-order valence-corrected chi connectivity index (χ1v) is 9.96. The number of aliphatic carboxylic acids is 1. The quantitative estimate of drug-likeness (QED) is 0.605. The Morgan fingerprint density at radius 1 is 1.18 bits per heavy atom. The Balaban J connectivity index is 0.000000383. The van der Waals surface area contributed by atoms with Gasteiger partial charge < -0.3 is 15.2 Å². The minimum atomic E-state index is -5.08. The first-order valence-electron chi connectivity index (χ1n) is 9.96. The van der Waals surface area contributed by atoms with Crippen molar-refractivity contribution in [3.8, 4) is 5.75 Å². The smallest absolute Gasteiger partial charge is 0.479 e. The van der Waals surface area contributed by atoms with Gasteiger partial charge in [0.15, 0.2) is 6.10 Å². The van der Waals surface area contributed by atoms with Gasteiger partial charge in [-0.15, -0.1) is 0 Å². The van der Waals surface area contributed by atoms with E-state index in [2.05, 4.69) is 34.4 Å². The summed E-state index contributed by atoms with van der Waals surface area (Å²) in [5.41, 5.74) is 4.14. The number of nitrogens with one attached hydrogen (secondary N) is 1. The van der Waals surface area contributed by atoms with E-state index in [1.807, 2.05) is 42.6 Å². The van der Waals surface area contributed by atoms with E-state index in [4.69, 9.17) is 14.6 Å². The van der Waals surface area contributed by atoms with Gasteiger partial charge in [-0.3, -0.25) is 14.7 Å². The molecule has 2 aromatic carbocycles. The molecule has 174 valence electrons. The van der Waals surface area contributed by atoms with Crippen LogP contribution in [0.4, 0.5) is 18.9 Å². The minimum Gasteiger partial charge on any atom is -0.479 e. The van der Waals surface area contributed by atoms with Crippen molar-refractivity contribution in [1.82, 2.24) is 9.88 Å². The first kappa shape index (κ1) is 24.0. The van der Waals surface area contributed by atoms with Crippen molar-refractivity contribution in [3.63, 3.8) is 0 Å². The van der Waals surface area contributed by atoms with Crippen LogP contribution >= 0.6 is 0 Å². The number of carbonyl (C=O) groups excluding carboxylic acids is 1. The van der Waals surface area contributed by atoms with Crippen molar-refractivity contribution in [1.29, 1.82) is 0 Å². The molecular weight excluding hydrogens is 439 g/mol. The molecule has 0 spiro atoms. The number of fused-ring (bicyclic) bond motifs is 2. The minimum absolute atomic E-state index is 0.105. The van der Waals surface area contributed by atoms with Gasteiger partial charge in [-0.2, -0.15) is 13.2 Å². The summed E-state index contributed by atoms with van der Waals surface area (Å²) < 4.78 is 37.4. The monoisotopic (exact) mass is 461 g/mol. The number of carboxylic acids is 1. The Kier molecular flexibility index (Phi) is 7.17. The molecule has 1 aromatic heterocycles. The number of carboxylic acid groups (broad SMARTS) is 1. The van der Waals surface area contributed by atoms with E-state index in [0.717, 1.165) is 35.6 Å². The number of pyridine rings is 1. The van der Waals surface area contributed by atoms with Crippen molar-refractivity contribution in [2.45, 2.75) is 32.3 Å². The molecular formula is C23H22F3N3O4. The number of rotatable bonds is 4. The Morgan fingerprint density at radius 3 is 2.61 bits per heavy atom. The Bertz CT molecular complexity index is 1160. The summed E-state index contributed by atoms with van der Waals surface area (Å²) >= 11 is 0. The van der Waals surface area contributed by atoms with Gasteiger partial charge in [-0.25, -0.2) is 4.79 Å². The highest BCUT2D eigenvalue weighted by atomic mass is 19.4. The lowest BCUT2D eigenvalue weighted by atomic mass is 10.1. The van der Waals surface area contributed by atoms with Crippen LogP contribution in [0.25, 0.3) is 10.9 Å². The molecule has 1 atom stereocenters. The zero-order chi connectivity index (χ0) is 24.2. The van der Waals surface area contributed by atoms with Gasteiger partial charge in [0.05, 0.1) is 11.2 Å². The molecule has 10 heteroatoms. The van der Waals surface area contributed by atoms with Crippen LogP contribution in [0.1, 0.15) is 18.1 Å². The SMILES string of the molecule is CC1Oc2ccc(CN(C)Cc3cccc4ncccc34)cc2NC1=O.O=C(O)C(F)(F)F. The van der Waals surface area contributed by atoms with Gasteiger partial charge in [0.2, 0.25) is 0 Å². The number of ether oxygens (including phenoxy) is 1. The van der Waals surface area contributed by atoms with Crippen LogP contribution < -0.4 is 10.1 Å². The lowest BCUT2D eigenvalue weighted by molar-refractivity contribution is -0.192. The maximum absolute atomic E-state index is 11.8. The normalized spacial score (nSPS) is 15.2. The van der Waals surface area contributed by atoms with Crippen LogP contribution in [0.2, 0.25) is 0 Å². The Morgan fingerprint density at radius 2 is 1.91 bits per heavy atom. The number of halogens is 3. The molecule has 1 aliphatic rings. The van der Waals surface area contributed by atoms with E-state index in [1.165, 1.54) is 10.9 Å². The van der Waals surface area contributed by atoms with Crippen LogP contribution in [0.15, 0.2) is 54.7 Å². The van der Waals surface area contributed by atoms with Crippen LogP contribution in [0.3, 0.4) is 0 Å². The summed E-state index contributed by atoms with van der Waals surface area (Å²) in [6, 6.07) is 16.3. The molecule has 0 saturated heterocycles. The Labute approximate surface area is 187 Å². The maximum Gasteiger partial charge on any atom is 0.490 e. The molecule has 0 aliphatic carbocycles. The highest BCUT2D eigenvalue weighted by Crippen LogP contribution is 2.31. The molecule has 1 unspecified atom stereocenters. The lowest BCUT2D eigenvalue weighted by Crippen LogP contribution is -2.34. The number of anilines is 1. The molecule has 3 aromatic rings. The van der Waals surface area contributed by atoms with Crippen LogP contribution in [0.5, 0.6) is 5.75 Å². The largest absolute Gasteiger partial charge is 0.490 e. The standard InChI is InChI=1S/C21H21N3O2.C2HF3O2/c1-14-21(25)23-19-11-15(8-9-20(19)26-14)12-24(2)13-16-5-3-7-18-17(16)6-4-10-22-18;3-2(4,5)1(6)7/h3-11,14H,12-13H2,1-2H3,(H,23,25);(H,6,7). The van der Waals surface area contributed by atoms with Crippen LogP contribution in [-0.2, 0) is 22.7 Å². The van der Waals surface area contributed by atoms with Crippen LogP contribution in [0, 0.1) is 0 Å².